The van der Waals surface area contributed by atoms with Crippen LogP contribution in [0, 0.1) is 11.3 Å². The molecule has 0 saturated heterocycles. The molecule has 1 aliphatic carbocycles. The third kappa shape index (κ3) is 4.94. The summed E-state index contributed by atoms with van der Waals surface area (Å²) in [6.45, 7) is 6.96. The number of carboxylic acid groups (broad SMARTS) is 1. The van der Waals surface area contributed by atoms with Gasteiger partial charge in [0.05, 0.1) is 5.92 Å². The highest BCUT2D eigenvalue weighted by atomic mass is 16.4. The minimum absolute atomic E-state index is 0.185. The Bertz CT molecular complexity index is 310. The summed E-state index contributed by atoms with van der Waals surface area (Å²) >= 11 is 0. The average Bonchev–Trinajstić information content (AvgIpc) is 2.63. The predicted octanol–water partition coefficient (Wildman–Crippen LogP) is 1.98. The lowest BCUT2D eigenvalue weighted by molar-refractivity contribution is -0.142. The first kappa shape index (κ1) is 14.8. The molecule has 104 valence electrons. The standard InChI is InChI=1S/C13H24N2O3/c1-13(2,3)7-8-14-12(18)15-10-6-4-5-9(10)11(16)17/h9-10H,4-8H2,1-3H3,(H,16,17)(H2,14,15,18). The molecule has 3 N–H and O–H groups in total. The third-order valence-corrected chi connectivity index (χ3v) is 3.31. The first-order valence-electron chi connectivity index (χ1n) is 6.57. The molecule has 0 aromatic rings. The smallest absolute Gasteiger partial charge is 0.315 e. The zero-order valence-corrected chi connectivity index (χ0v) is 11.5. The molecule has 2 atom stereocenters. The fraction of sp³-hybridized carbons (Fsp3) is 0.846. The van der Waals surface area contributed by atoms with Crippen molar-refractivity contribution >= 4 is 12.0 Å². The number of nitrogens with one attached hydrogen (secondary N) is 2. The molecule has 1 aliphatic rings. The van der Waals surface area contributed by atoms with Gasteiger partial charge in [-0.15, -0.1) is 0 Å². The summed E-state index contributed by atoms with van der Waals surface area (Å²) < 4.78 is 0. The first-order valence-corrected chi connectivity index (χ1v) is 6.57. The van der Waals surface area contributed by atoms with E-state index < -0.39 is 11.9 Å². The van der Waals surface area contributed by atoms with E-state index in [2.05, 4.69) is 31.4 Å². The van der Waals surface area contributed by atoms with Crippen LogP contribution in [0.25, 0.3) is 0 Å². The SMILES string of the molecule is CC(C)(C)CCNC(=O)NC1CCCC1C(=O)O. The summed E-state index contributed by atoms with van der Waals surface area (Å²) in [5, 5.41) is 14.6. The molecule has 1 fully saturated rings. The van der Waals surface area contributed by atoms with Gasteiger partial charge in [0.2, 0.25) is 0 Å². The molecule has 0 heterocycles. The Balaban J connectivity index is 2.29. The summed E-state index contributed by atoms with van der Waals surface area (Å²) in [6.07, 6.45) is 3.17. The minimum Gasteiger partial charge on any atom is -0.481 e. The van der Waals surface area contributed by atoms with E-state index in [-0.39, 0.29) is 17.5 Å². The lowest BCUT2D eigenvalue weighted by Gasteiger charge is -2.20. The van der Waals surface area contributed by atoms with Crippen LogP contribution in [0.3, 0.4) is 0 Å². The molecule has 18 heavy (non-hydrogen) atoms. The number of rotatable bonds is 4. The Kier molecular flexibility index (Phi) is 4.99. The molecule has 0 aromatic carbocycles. The maximum Gasteiger partial charge on any atom is 0.315 e. The summed E-state index contributed by atoms with van der Waals surface area (Å²) in [5.41, 5.74) is 0.185. The molecule has 0 spiro atoms. The van der Waals surface area contributed by atoms with Gasteiger partial charge < -0.3 is 15.7 Å². The second-order valence-electron chi connectivity index (χ2n) is 6.19. The fourth-order valence-electron chi connectivity index (χ4n) is 2.20. The van der Waals surface area contributed by atoms with Crippen LogP contribution in [0.15, 0.2) is 0 Å². The number of carbonyl (C=O) groups is 2. The van der Waals surface area contributed by atoms with Crippen LogP contribution >= 0.6 is 0 Å². The Morgan fingerprint density at radius 1 is 1.28 bits per heavy atom. The van der Waals surface area contributed by atoms with Crippen molar-refractivity contribution in [2.45, 2.75) is 52.5 Å². The normalized spacial score (nSPS) is 23.7. The highest BCUT2D eigenvalue weighted by Crippen LogP contribution is 2.25. The van der Waals surface area contributed by atoms with Crippen LogP contribution in [0.5, 0.6) is 0 Å². The molecule has 5 heteroatoms. The van der Waals surface area contributed by atoms with Gasteiger partial charge in [0.15, 0.2) is 0 Å². The van der Waals surface area contributed by atoms with Crippen LogP contribution in [-0.2, 0) is 4.79 Å². The molecule has 1 saturated carbocycles. The van der Waals surface area contributed by atoms with Gasteiger partial charge >= 0.3 is 12.0 Å². The van der Waals surface area contributed by atoms with Crippen LogP contribution in [0.2, 0.25) is 0 Å². The summed E-state index contributed by atoms with van der Waals surface area (Å²) in [4.78, 5) is 22.6. The lowest BCUT2D eigenvalue weighted by Crippen LogP contribution is -2.45. The van der Waals surface area contributed by atoms with Crippen molar-refractivity contribution in [1.82, 2.24) is 10.6 Å². The molecular weight excluding hydrogens is 232 g/mol. The molecule has 2 unspecified atom stereocenters. The Hall–Kier alpha value is -1.26. The van der Waals surface area contributed by atoms with Crippen molar-refractivity contribution in [1.29, 1.82) is 0 Å². The van der Waals surface area contributed by atoms with Crippen LogP contribution in [-0.4, -0.2) is 29.7 Å². The largest absolute Gasteiger partial charge is 0.481 e. The predicted molar refractivity (Wildman–Crippen MR) is 69.4 cm³/mol. The number of aliphatic carboxylic acids is 1. The fourth-order valence-corrected chi connectivity index (χ4v) is 2.20. The molecule has 0 aliphatic heterocycles. The quantitative estimate of drug-likeness (QED) is 0.719. The molecular formula is C13H24N2O3. The first-order chi connectivity index (χ1) is 8.29. The number of carbonyl (C=O) groups excluding carboxylic acids is 1. The molecule has 1 rings (SSSR count). The van der Waals surface area contributed by atoms with Crippen LogP contribution < -0.4 is 10.6 Å². The van der Waals surface area contributed by atoms with E-state index in [1.807, 2.05) is 0 Å². The van der Waals surface area contributed by atoms with Crippen LogP contribution in [0.4, 0.5) is 4.79 Å². The Morgan fingerprint density at radius 3 is 2.50 bits per heavy atom. The van der Waals surface area contributed by atoms with Gasteiger partial charge in [-0.1, -0.05) is 27.2 Å². The summed E-state index contributed by atoms with van der Waals surface area (Å²) in [5.74, 6) is -1.24. The highest BCUT2D eigenvalue weighted by molar-refractivity contribution is 5.76. The molecule has 2 amide bonds. The van der Waals surface area contributed by atoms with E-state index in [0.29, 0.717) is 13.0 Å². The monoisotopic (exact) mass is 256 g/mol. The summed E-state index contributed by atoms with van der Waals surface area (Å²) in [7, 11) is 0. The molecule has 0 bridgehead atoms. The maximum atomic E-state index is 11.6. The Labute approximate surface area is 108 Å². The van der Waals surface area contributed by atoms with Crippen molar-refractivity contribution in [3.05, 3.63) is 0 Å². The number of urea groups is 1. The lowest BCUT2D eigenvalue weighted by atomic mass is 9.92. The zero-order valence-electron chi connectivity index (χ0n) is 11.5. The molecule has 0 radical (unpaired) electrons. The van der Waals surface area contributed by atoms with Crippen molar-refractivity contribution < 1.29 is 14.7 Å². The van der Waals surface area contributed by atoms with E-state index in [1.165, 1.54) is 0 Å². The average molecular weight is 256 g/mol. The van der Waals surface area contributed by atoms with Crippen molar-refractivity contribution in [3.8, 4) is 0 Å². The van der Waals surface area contributed by atoms with Gasteiger partial charge in [-0.2, -0.15) is 0 Å². The number of hydrogen-bond acceptors (Lipinski definition) is 2. The molecule has 0 aromatic heterocycles. The van der Waals surface area contributed by atoms with Gasteiger partial charge in [0.1, 0.15) is 0 Å². The zero-order chi connectivity index (χ0) is 13.8. The van der Waals surface area contributed by atoms with E-state index in [9.17, 15) is 9.59 Å². The van der Waals surface area contributed by atoms with Gasteiger partial charge in [-0.25, -0.2) is 4.79 Å². The van der Waals surface area contributed by atoms with E-state index in [4.69, 9.17) is 5.11 Å². The van der Waals surface area contributed by atoms with Gasteiger partial charge in [-0.05, 0) is 24.7 Å². The van der Waals surface area contributed by atoms with Crippen LogP contribution in [0.1, 0.15) is 46.5 Å². The second-order valence-corrected chi connectivity index (χ2v) is 6.19. The minimum atomic E-state index is -0.813. The third-order valence-electron chi connectivity index (χ3n) is 3.31. The molecule has 5 nitrogen and oxygen atoms in total. The highest BCUT2D eigenvalue weighted by Gasteiger charge is 2.33. The number of hydrogen-bond donors (Lipinski definition) is 3. The number of carboxylic acids is 1. The van der Waals surface area contributed by atoms with Gasteiger partial charge in [0.25, 0.3) is 0 Å². The van der Waals surface area contributed by atoms with E-state index >= 15 is 0 Å². The van der Waals surface area contributed by atoms with Gasteiger partial charge in [0, 0.05) is 12.6 Å². The van der Waals surface area contributed by atoms with Crippen molar-refractivity contribution in [3.63, 3.8) is 0 Å². The van der Waals surface area contributed by atoms with Crippen molar-refractivity contribution in [2.75, 3.05) is 6.54 Å². The topological polar surface area (TPSA) is 78.4 Å². The van der Waals surface area contributed by atoms with E-state index in [0.717, 1.165) is 19.3 Å². The number of amides is 2. The second kappa shape index (κ2) is 6.07. The Morgan fingerprint density at radius 2 is 1.94 bits per heavy atom. The summed E-state index contributed by atoms with van der Waals surface area (Å²) in [6, 6.07) is -0.477. The van der Waals surface area contributed by atoms with E-state index in [1.54, 1.807) is 0 Å². The van der Waals surface area contributed by atoms with Crippen molar-refractivity contribution in [2.24, 2.45) is 11.3 Å². The van der Waals surface area contributed by atoms with Gasteiger partial charge in [-0.3, -0.25) is 4.79 Å². The maximum absolute atomic E-state index is 11.6.